The Balaban J connectivity index is 1.62. The van der Waals surface area contributed by atoms with Crippen molar-refractivity contribution >= 4 is 16.7 Å². The van der Waals surface area contributed by atoms with Gasteiger partial charge in [0.2, 0.25) is 5.89 Å². The van der Waals surface area contributed by atoms with Crippen molar-refractivity contribution in [1.29, 1.82) is 0 Å². The molecule has 2 aromatic heterocycles. The lowest BCUT2D eigenvalue weighted by molar-refractivity contribution is 0.374. The van der Waals surface area contributed by atoms with Gasteiger partial charge in [-0.05, 0) is 43.5 Å². The van der Waals surface area contributed by atoms with Crippen LogP contribution in [0.3, 0.4) is 0 Å². The lowest BCUT2D eigenvalue weighted by Crippen LogP contribution is -2.04. The molecule has 0 amide bonds. The Kier molecular flexibility index (Phi) is 3.91. The highest BCUT2D eigenvalue weighted by molar-refractivity contribution is 5.94. The first-order valence-corrected chi connectivity index (χ1v) is 8.28. The summed E-state index contributed by atoms with van der Waals surface area (Å²) in [7, 11) is 3.29. The predicted octanol–water partition coefficient (Wildman–Crippen LogP) is 3.43. The molecule has 0 unspecified atom stereocenters. The number of ether oxygens (including phenoxy) is 2. The third kappa shape index (κ3) is 2.97. The summed E-state index contributed by atoms with van der Waals surface area (Å²) in [5, 5.41) is 8.23. The van der Waals surface area contributed by atoms with Crippen LogP contribution in [0, 0.1) is 6.92 Å². The van der Waals surface area contributed by atoms with Crippen LogP contribution in [0.2, 0.25) is 0 Å². The zero-order valence-corrected chi connectivity index (χ0v) is 14.5. The number of nitrogens with zero attached hydrogens (tertiary/aromatic N) is 3. The Hall–Kier alpha value is -2.83. The van der Waals surface area contributed by atoms with E-state index in [0.717, 1.165) is 46.8 Å². The number of aromatic nitrogens is 3. The average Bonchev–Trinajstić information content (AvgIpc) is 3.37. The lowest BCUT2D eigenvalue weighted by Gasteiger charge is -2.13. The highest BCUT2D eigenvalue weighted by Crippen LogP contribution is 2.39. The monoisotopic (exact) mass is 340 g/mol. The van der Waals surface area contributed by atoms with E-state index in [9.17, 15) is 0 Å². The molecule has 0 bridgehead atoms. The first-order valence-electron chi connectivity index (χ1n) is 8.28. The van der Waals surface area contributed by atoms with Crippen LogP contribution < -0.4 is 14.8 Å². The second-order valence-corrected chi connectivity index (χ2v) is 6.19. The molecule has 1 fully saturated rings. The zero-order valence-electron chi connectivity index (χ0n) is 14.5. The van der Waals surface area contributed by atoms with Crippen LogP contribution in [0.1, 0.15) is 36.0 Å². The van der Waals surface area contributed by atoms with Crippen LogP contribution in [-0.4, -0.2) is 29.3 Å². The van der Waals surface area contributed by atoms with Crippen molar-refractivity contribution in [3.8, 4) is 11.5 Å². The molecule has 1 N–H and O–H groups in total. The number of fused-ring (bicyclic) bond motifs is 1. The fraction of sp³-hybridized carbons (Fsp3) is 0.389. The van der Waals surface area contributed by atoms with Gasteiger partial charge in [-0.15, -0.1) is 0 Å². The number of rotatable bonds is 6. The summed E-state index contributed by atoms with van der Waals surface area (Å²) >= 11 is 0. The van der Waals surface area contributed by atoms with Gasteiger partial charge in [0.15, 0.2) is 5.82 Å². The van der Waals surface area contributed by atoms with Gasteiger partial charge in [0.1, 0.15) is 22.8 Å². The molecule has 4 rings (SSSR count). The molecule has 1 aromatic carbocycles. The summed E-state index contributed by atoms with van der Waals surface area (Å²) in [6.45, 7) is 2.48. The summed E-state index contributed by atoms with van der Waals surface area (Å²) in [4.78, 5) is 9.10. The minimum absolute atomic E-state index is 0.457. The molecule has 1 saturated carbocycles. The molecule has 0 radical (unpaired) electrons. The molecule has 0 atom stereocenters. The van der Waals surface area contributed by atoms with Crippen molar-refractivity contribution in [3.63, 3.8) is 0 Å². The van der Waals surface area contributed by atoms with Crippen LogP contribution in [-0.2, 0) is 6.54 Å². The van der Waals surface area contributed by atoms with Crippen molar-refractivity contribution in [2.75, 3.05) is 19.5 Å². The highest BCUT2D eigenvalue weighted by atomic mass is 16.5. The molecule has 7 nitrogen and oxygen atoms in total. The van der Waals surface area contributed by atoms with Gasteiger partial charge in [0.05, 0.1) is 20.8 Å². The van der Waals surface area contributed by atoms with Gasteiger partial charge in [-0.25, -0.2) is 4.98 Å². The number of hydrogen-bond acceptors (Lipinski definition) is 7. The van der Waals surface area contributed by atoms with Crippen molar-refractivity contribution in [3.05, 3.63) is 35.5 Å². The quantitative estimate of drug-likeness (QED) is 0.736. The Morgan fingerprint density at radius 3 is 2.64 bits per heavy atom. The summed E-state index contributed by atoms with van der Waals surface area (Å²) in [6, 6.07) is 5.73. The van der Waals surface area contributed by atoms with Gasteiger partial charge in [0, 0.05) is 11.3 Å². The van der Waals surface area contributed by atoms with Crippen molar-refractivity contribution in [2.45, 2.75) is 32.2 Å². The fourth-order valence-electron chi connectivity index (χ4n) is 2.91. The van der Waals surface area contributed by atoms with E-state index in [1.807, 2.05) is 25.1 Å². The molecule has 7 heteroatoms. The molecule has 25 heavy (non-hydrogen) atoms. The molecule has 130 valence electrons. The summed E-state index contributed by atoms with van der Waals surface area (Å²) in [5.74, 6) is 4.05. The number of hydrogen-bond donors (Lipinski definition) is 1. The first-order chi connectivity index (χ1) is 12.2. The number of anilines is 1. The lowest BCUT2D eigenvalue weighted by atomic mass is 10.1. The summed E-state index contributed by atoms with van der Waals surface area (Å²) in [6.07, 6.45) is 2.28. The Morgan fingerprint density at radius 1 is 1.16 bits per heavy atom. The number of pyridine rings is 1. The Bertz CT molecular complexity index is 918. The number of aryl methyl sites for hydroxylation is 1. The smallest absolute Gasteiger partial charge is 0.229 e. The maximum atomic E-state index is 5.46. The second-order valence-electron chi connectivity index (χ2n) is 6.19. The maximum absolute atomic E-state index is 5.46. The van der Waals surface area contributed by atoms with Crippen molar-refractivity contribution in [1.82, 2.24) is 15.1 Å². The summed E-state index contributed by atoms with van der Waals surface area (Å²) in [5.41, 5.74) is 1.81. The zero-order chi connectivity index (χ0) is 17.4. The van der Waals surface area contributed by atoms with Crippen molar-refractivity contribution in [2.24, 2.45) is 0 Å². The van der Waals surface area contributed by atoms with Gasteiger partial charge in [-0.1, -0.05) is 5.16 Å². The molecule has 1 aliphatic carbocycles. The third-order valence-corrected chi connectivity index (χ3v) is 4.36. The van der Waals surface area contributed by atoms with E-state index in [1.54, 1.807) is 14.2 Å². The second kappa shape index (κ2) is 6.23. The largest absolute Gasteiger partial charge is 0.496 e. The number of nitrogens with one attached hydrogen (secondary N) is 1. The van der Waals surface area contributed by atoms with E-state index in [-0.39, 0.29) is 0 Å². The Labute approximate surface area is 145 Å². The van der Waals surface area contributed by atoms with Crippen LogP contribution in [0.25, 0.3) is 10.9 Å². The number of methoxy groups -OCH3 is 2. The van der Waals surface area contributed by atoms with E-state index in [2.05, 4.69) is 20.4 Å². The van der Waals surface area contributed by atoms with Crippen LogP contribution in [0.15, 0.2) is 22.7 Å². The molecular weight excluding hydrogens is 320 g/mol. The first kappa shape index (κ1) is 15.7. The van der Waals surface area contributed by atoms with E-state index in [0.29, 0.717) is 24.0 Å². The maximum Gasteiger partial charge on any atom is 0.229 e. The van der Waals surface area contributed by atoms with Gasteiger partial charge in [-0.3, -0.25) is 0 Å². The minimum atomic E-state index is 0.457. The van der Waals surface area contributed by atoms with E-state index in [1.165, 1.54) is 0 Å². The molecule has 2 heterocycles. The van der Waals surface area contributed by atoms with E-state index < -0.39 is 0 Å². The molecular formula is C18H20N4O3. The van der Waals surface area contributed by atoms with E-state index in [4.69, 9.17) is 14.0 Å². The predicted molar refractivity (Wildman–Crippen MR) is 93.2 cm³/mol. The highest BCUT2D eigenvalue weighted by Gasteiger charge is 2.29. The van der Waals surface area contributed by atoms with Crippen LogP contribution in [0.5, 0.6) is 11.5 Å². The molecule has 3 aromatic rings. The van der Waals surface area contributed by atoms with E-state index >= 15 is 0 Å². The van der Waals surface area contributed by atoms with Gasteiger partial charge in [-0.2, -0.15) is 4.98 Å². The normalized spacial score (nSPS) is 13.9. The van der Waals surface area contributed by atoms with Crippen molar-refractivity contribution < 1.29 is 14.0 Å². The fourth-order valence-corrected chi connectivity index (χ4v) is 2.91. The standard InChI is InChI=1S/C18H20N4O3/c1-10-8-14(19-9-15-21-18(25-22-15)11-4-5-11)20-17-13(24-3)7-6-12(23-2)16(10)17/h6-8,11H,4-5,9H2,1-3H3,(H,19,20). The van der Waals surface area contributed by atoms with Crippen LogP contribution in [0.4, 0.5) is 5.82 Å². The number of benzene rings is 1. The summed E-state index contributed by atoms with van der Waals surface area (Å²) < 4.78 is 16.2. The van der Waals surface area contributed by atoms with Gasteiger partial charge < -0.3 is 19.3 Å². The van der Waals surface area contributed by atoms with Gasteiger partial charge in [0.25, 0.3) is 0 Å². The topological polar surface area (TPSA) is 82.3 Å². The van der Waals surface area contributed by atoms with Gasteiger partial charge >= 0.3 is 0 Å². The molecule has 0 saturated heterocycles. The third-order valence-electron chi connectivity index (χ3n) is 4.36. The SMILES string of the molecule is COc1ccc(OC)c2c(C)cc(NCc3noc(C4CC4)n3)nc12. The Morgan fingerprint density at radius 2 is 1.92 bits per heavy atom. The molecule has 0 aliphatic heterocycles. The molecule has 1 aliphatic rings. The van der Waals surface area contributed by atoms with Crippen LogP contribution >= 0.6 is 0 Å². The minimum Gasteiger partial charge on any atom is -0.496 e. The average molecular weight is 340 g/mol. The molecule has 0 spiro atoms.